The van der Waals surface area contributed by atoms with E-state index < -0.39 is 0 Å². The quantitative estimate of drug-likeness (QED) is 0.859. The normalized spacial score (nSPS) is 18.2. The molecule has 4 nitrogen and oxygen atoms in total. The zero-order valence-electron chi connectivity index (χ0n) is 10.1. The number of hydrogen-bond acceptors (Lipinski definition) is 3. The number of para-hydroxylation sites is 1. The lowest BCUT2D eigenvalue weighted by Gasteiger charge is -2.15. The summed E-state index contributed by atoms with van der Waals surface area (Å²) in [7, 11) is 0. The molecule has 0 saturated carbocycles. The van der Waals surface area contributed by atoms with Crippen LogP contribution in [0.4, 0.5) is 5.69 Å². The molecule has 1 aliphatic rings. The maximum atomic E-state index is 4.25. The van der Waals surface area contributed by atoms with Crippen molar-refractivity contribution in [3.63, 3.8) is 0 Å². The Morgan fingerprint density at radius 1 is 1.35 bits per heavy atom. The third-order valence-electron chi connectivity index (χ3n) is 3.24. The van der Waals surface area contributed by atoms with Crippen LogP contribution >= 0.6 is 0 Å². The van der Waals surface area contributed by atoms with Crippen LogP contribution in [0.2, 0.25) is 0 Å². The zero-order valence-corrected chi connectivity index (χ0v) is 10.1. The third kappa shape index (κ3) is 1.69. The first kappa shape index (κ1) is 10.3. The predicted octanol–water partition coefficient (Wildman–Crippen LogP) is 2.57. The minimum Gasteiger partial charge on any atom is -0.375 e. The second-order valence-corrected chi connectivity index (χ2v) is 4.75. The number of fused-ring (bicyclic) bond motifs is 1. The van der Waals surface area contributed by atoms with E-state index in [0.29, 0.717) is 6.04 Å². The molecule has 0 amide bonds. The summed E-state index contributed by atoms with van der Waals surface area (Å²) in [5.74, 6) is 1.02. The summed E-state index contributed by atoms with van der Waals surface area (Å²) in [6.45, 7) is 4.30. The van der Waals surface area contributed by atoms with Crippen LogP contribution < -0.4 is 5.32 Å². The lowest BCUT2D eigenvalue weighted by molar-refractivity contribution is 0.546. The van der Waals surface area contributed by atoms with E-state index >= 15 is 0 Å². The predicted molar refractivity (Wildman–Crippen MR) is 66.9 cm³/mol. The van der Waals surface area contributed by atoms with Gasteiger partial charge in [-0.25, -0.2) is 0 Å². The standard InChI is InChI=1S/C13H16N4/c1-9(2)17-8-14-16-13(17)12-7-10-5-3-4-6-11(10)15-12/h3-6,8-9,12,15H,7H2,1-2H3/t12-/m0/s1. The van der Waals surface area contributed by atoms with E-state index in [-0.39, 0.29) is 6.04 Å². The first-order chi connectivity index (χ1) is 8.25. The van der Waals surface area contributed by atoms with E-state index in [4.69, 9.17) is 0 Å². The Balaban J connectivity index is 1.91. The Bertz CT molecular complexity index is 505. The molecule has 17 heavy (non-hydrogen) atoms. The summed E-state index contributed by atoms with van der Waals surface area (Å²) < 4.78 is 2.13. The monoisotopic (exact) mass is 228 g/mol. The van der Waals surface area contributed by atoms with Gasteiger partial charge in [-0.3, -0.25) is 0 Å². The molecule has 0 radical (unpaired) electrons. The van der Waals surface area contributed by atoms with Gasteiger partial charge in [0.2, 0.25) is 0 Å². The van der Waals surface area contributed by atoms with Gasteiger partial charge in [0.1, 0.15) is 6.33 Å². The Morgan fingerprint density at radius 2 is 2.18 bits per heavy atom. The number of rotatable bonds is 2. The van der Waals surface area contributed by atoms with E-state index in [2.05, 4.69) is 58.2 Å². The van der Waals surface area contributed by atoms with Crippen LogP contribution in [0.25, 0.3) is 0 Å². The van der Waals surface area contributed by atoms with E-state index in [1.807, 2.05) is 6.33 Å². The lowest BCUT2D eigenvalue weighted by atomic mass is 10.1. The largest absolute Gasteiger partial charge is 0.375 e. The molecule has 0 fully saturated rings. The molecule has 4 heteroatoms. The smallest absolute Gasteiger partial charge is 0.155 e. The van der Waals surface area contributed by atoms with Gasteiger partial charge in [-0.15, -0.1) is 10.2 Å². The first-order valence-electron chi connectivity index (χ1n) is 5.99. The number of hydrogen-bond donors (Lipinski definition) is 1. The molecule has 2 heterocycles. The molecule has 1 aromatic carbocycles. The highest BCUT2D eigenvalue weighted by molar-refractivity contribution is 5.57. The van der Waals surface area contributed by atoms with Crippen molar-refractivity contribution < 1.29 is 0 Å². The minimum atomic E-state index is 0.247. The topological polar surface area (TPSA) is 42.7 Å². The summed E-state index contributed by atoms with van der Waals surface area (Å²) in [5.41, 5.74) is 2.58. The number of anilines is 1. The molecule has 0 spiro atoms. The van der Waals surface area contributed by atoms with Crippen molar-refractivity contribution in [1.29, 1.82) is 0 Å². The summed E-state index contributed by atoms with van der Waals surface area (Å²) in [6, 6.07) is 9.06. The van der Waals surface area contributed by atoms with Crippen LogP contribution in [0.5, 0.6) is 0 Å². The average Bonchev–Trinajstić information content (AvgIpc) is 2.95. The van der Waals surface area contributed by atoms with Crippen LogP contribution in [0.15, 0.2) is 30.6 Å². The van der Waals surface area contributed by atoms with E-state index in [1.54, 1.807) is 0 Å². The van der Waals surface area contributed by atoms with Gasteiger partial charge in [0.15, 0.2) is 5.82 Å². The molecular formula is C13H16N4. The van der Waals surface area contributed by atoms with Crippen LogP contribution in [0.3, 0.4) is 0 Å². The molecule has 0 aliphatic carbocycles. The third-order valence-corrected chi connectivity index (χ3v) is 3.24. The Hall–Kier alpha value is -1.84. The van der Waals surface area contributed by atoms with Crippen molar-refractivity contribution in [2.24, 2.45) is 0 Å². The molecule has 0 unspecified atom stereocenters. The fourth-order valence-electron chi connectivity index (χ4n) is 2.35. The summed E-state index contributed by atoms with van der Waals surface area (Å²) in [5, 5.41) is 11.8. The van der Waals surface area contributed by atoms with Gasteiger partial charge in [0.25, 0.3) is 0 Å². The highest BCUT2D eigenvalue weighted by Gasteiger charge is 2.26. The van der Waals surface area contributed by atoms with Gasteiger partial charge in [0.05, 0.1) is 6.04 Å². The molecule has 1 aliphatic heterocycles. The van der Waals surface area contributed by atoms with Crippen molar-refractivity contribution in [2.45, 2.75) is 32.4 Å². The van der Waals surface area contributed by atoms with Gasteiger partial charge in [-0.1, -0.05) is 18.2 Å². The van der Waals surface area contributed by atoms with Crippen molar-refractivity contribution in [3.05, 3.63) is 42.0 Å². The number of nitrogens with zero attached hydrogens (tertiary/aromatic N) is 3. The molecule has 88 valence electrons. The summed E-state index contributed by atoms with van der Waals surface area (Å²) >= 11 is 0. The lowest BCUT2D eigenvalue weighted by Crippen LogP contribution is -2.14. The van der Waals surface area contributed by atoms with Gasteiger partial charge >= 0.3 is 0 Å². The summed E-state index contributed by atoms with van der Waals surface area (Å²) in [6.07, 6.45) is 2.80. The Morgan fingerprint density at radius 3 is 2.94 bits per heavy atom. The fourth-order valence-corrected chi connectivity index (χ4v) is 2.35. The number of benzene rings is 1. The van der Waals surface area contributed by atoms with Gasteiger partial charge in [-0.2, -0.15) is 0 Å². The Labute approximate surface area is 101 Å². The van der Waals surface area contributed by atoms with E-state index in [9.17, 15) is 0 Å². The average molecular weight is 228 g/mol. The molecular weight excluding hydrogens is 212 g/mol. The van der Waals surface area contributed by atoms with Crippen LogP contribution in [0, 0.1) is 0 Å². The maximum absolute atomic E-state index is 4.25. The zero-order chi connectivity index (χ0) is 11.8. The van der Waals surface area contributed by atoms with Gasteiger partial charge < -0.3 is 9.88 Å². The second kappa shape index (κ2) is 3.87. The first-order valence-corrected chi connectivity index (χ1v) is 5.99. The van der Waals surface area contributed by atoms with Crippen molar-refractivity contribution in [3.8, 4) is 0 Å². The molecule has 0 bridgehead atoms. The minimum absolute atomic E-state index is 0.247. The molecule has 3 rings (SSSR count). The molecule has 1 aromatic heterocycles. The molecule has 1 atom stereocenters. The Kier molecular flexibility index (Phi) is 2.35. The molecule has 2 aromatic rings. The van der Waals surface area contributed by atoms with Crippen LogP contribution in [-0.2, 0) is 6.42 Å². The van der Waals surface area contributed by atoms with Gasteiger partial charge in [0, 0.05) is 18.2 Å². The highest BCUT2D eigenvalue weighted by Crippen LogP contribution is 2.33. The van der Waals surface area contributed by atoms with E-state index in [0.717, 1.165) is 12.2 Å². The number of aromatic nitrogens is 3. The highest BCUT2D eigenvalue weighted by atomic mass is 15.3. The summed E-state index contributed by atoms with van der Waals surface area (Å²) in [4.78, 5) is 0. The van der Waals surface area contributed by atoms with Crippen molar-refractivity contribution in [1.82, 2.24) is 14.8 Å². The second-order valence-electron chi connectivity index (χ2n) is 4.75. The van der Waals surface area contributed by atoms with E-state index in [1.165, 1.54) is 11.3 Å². The van der Waals surface area contributed by atoms with Crippen LogP contribution in [-0.4, -0.2) is 14.8 Å². The fraction of sp³-hybridized carbons (Fsp3) is 0.385. The SMILES string of the molecule is CC(C)n1cnnc1[C@@H]1Cc2ccccc2N1. The van der Waals surface area contributed by atoms with Crippen LogP contribution in [0.1, 0.15) is 37.3 Å². The van der Waals surface area contributed by atoms with Crippen molar-refractivity contribution >= 4 is 5.69 Å². The number of nitrogens with one attached hydrogen (secondary N) is 1. The van der Waals surface area contributed by atoms with Gasteiger partial charge in [-0.05, 0) is 25.5 Å². The van der Waals surface area contributed by atoms with Crippen molar-refractivity contribution in [2.75, 3.05) is 5.32 Å². The maximum Gasteiger partial charge on any atom is 0.155 e. The molecule has 0 saturated heterocycles. The molecule has 1 N–H and O–H groups in total.